The van der Waals surface area contributed by atoms with Crippen LogP contribution >= 0.6 is 0 Å². The van der Waals surface area contributed by atoms with Crippen LogP contribution in [0.25, 0.3) is 0 Å². The van der Waals surface area contributed by atoms with Crippen LogP contribution in [0, 0.1) is 47.4 Å². The molecule has 0 heterocycles. The smallest absolute Gasteiger partial charge is 0.303 e. The quantitative estimate of drug-likeness (QED) is 0.381. The molecule has 0 aliphatic rings. The number of ether oxygens (including phenoxy) is 2. The van der Waals surface area contributed by atoms with Crippen LogP contribution in [0.5, 0.6) is 0 Å². The molecule has 24 heavy (non-hydrogen) atoms. The van der Waals surface area contributed by atoms with E-state index in [1.807, 2.05) is 6.92 Å². The standard InChI is InChI=1S/C20H24O4/c1-19(24-18-23-2)16-14-12-10-8-6-4-3-5-7-9-11-13-15-17-20(21)22/h19H,5,7,9,11,13,15,17-18H2,1-2H3,(H,21,22)/t19-/m0/s1. The molecule has 0 bridgehead atoms. The highest BCUT2D eigenvalue weighted by molar-refractivity contribution is 5.66. The van der Waals surface area contributed by atoms with Crippen molar-refractivity contribution in [1.29, 1.82) is 0 Å². The van der Waals surface area contributed by atoms with Gasteiger partial charge in [0.05, 0.1) is 0 Å². The Labute approximate surface area is 145 Å². The highest BCUT2D eigenvalue weighted by Gasteiger charge is 1.95. The molecule has 0 aromatic heterocycles. The lowest BCUT2D eigenvalue weighted by molar-refractivity contribution is -0.137. The summed E-state index contributed by atoms with van der Waals surface area (Å²) < 4.78 is 9.93. The monoisotopic (exact) mass is 328 g/mol. The molecule has 0 aromatic rings. The Balaban J connectivity index is 3.71. The van der Waals surface area contributed by atoms with Gasteiger partial charge in [-0.15, -0.1) is 0 Å². The Hall–Kier alpha value is -2.37. The topological polar surface area (TPSA) is 55.8 Å². The summed E-state index contributed by atoms with van der Waals surface area (Å²) in [5.41, 5.74) is 0. The molecule has 0 aliphatic heterocycles. The fourth-order valence-electron chi connectivity index (χ4n) is 1.60. The van der Waals surface area contributed by atoms with Crippen molar-refractivity contribution in [2.24, 2.45) is 0 Å². The molecule has 0 amide bonds. The average Bonchev–Trinajstić information content (AvgIpc) is 2.56. The maximum atomic E-state index is 10.3. The maximum Gasteiger partial charge on any atom is 0.303 e. The largest absolute Gasteiger partial charge is 0.481 e. The van der Waals surface area contributed by atoms with Crippen LogP contribution in [-0.2, 0) is 14.3 Å². The van der Waals surface area contributed by atoms with Crippen LogP contribution in [0.2, 0.25) is 0 Å². The van der Waals surface area contributed by atoms with Gasteiger partial charge in [0.1, 0.15) is 12.9 Å². The van der Waals surface area contributed by atoms with E-state index in [4.69, 9.17) is 14.6 Å². The van der Waals surface area contributed by atoms with Crippen molar-refractivity contribution >= 4 is 5.97 Å². The minimum atomic E-state index is -0.720. The molecule has 0 fully saturated rings. The lowest BCUT2D eigenvalue weighted by Crippen LogP contribution is -2.07. The first-order chi connectivity index (χ1) is 11.7. The van der Waals surface area contributed by atoms with Crippen molar-refractivity contribution < 1.29 is 19.4 Å². The predicted molar refractivity (Wildman–Crippen MR) is 93.5 cm³/mol. The van der Waals surface area contributed by atoms with Crippen molar-refractivity contribution in [2.45, 2.75) is 58.0 Å². The molecule has 0 rings (SSSR count). The van der Waals surface area contributed by atoms with E-state index in [0.29, 0.717) is 0 Å². The number of carboxylic acids is 1. The Morgan fingerprint density at radius 2 is 1.58 bits per heavy atom. The minimum absolute atomic E-state index is 0.209. The molecular formula is C20H24O4. The molecule has 0 aromatic carbocycles. The first-order valence-corrected chi connectivity index (χ1v) is 7.97. The van der Waals surface area contributed by atoms with E-state index in [2.05, 4.69) is 47.4 Å². The lowest BCUT2D eigenvalue weighted by Gasteiger charge is -2.03. The average molecular weight is 328 g/mol. The van der Waals surface area contributed by atoms with Gasteiger partial charge in [0.2, 0.25) is 0 Å². The van der Waals surface area contributed by atoms with Gasteiger partial charge in [0.25, 0.3) is 0 Å². The summed E-state index contributed by atoms with van der Waals surface area (Å²) in [5, 5.41) is 8.50. The zero-order chi connectivity index (χ0) is 17.9. The van der Waals surface area contributed by atoms with E-state index < -0.39 is 5.97 Å². The second-order valence-electron chi connectivity index (χ2n) is 4.95. The molecular weight excluding hydrogens is 304 g/mol. The summed E-state index contributed by atoms with van der Waals surface area (Å²) in [5.74, 6) is 21.0. The number of carbonyl (C=O) groups is 1. The van der Waals surface area contributed by atoms with Gasteiger partial charge < -0.3 is 14.6 Å². The molecule has 0 saturated heterocycles. The van der Waals surface area contributed by atoms with Crippen molar-refractivity contribution in [1.82, 2.24) is 0 Å². The number of carboxylic acid groups (broad SMARTS) is 1. The number of methoxy groups -OCH3 is 1. The van der Waals surface area contributed by atoms with E-state index in [1.165, 1.54) is 0 Å². The van der Waals surface area contributed by atoms with Gasteiger partial charge in [0, 0.05) is 20.0 Å². The first kappa shape index (κ1) is 21.6. The molecule has 1 N–H and O–H groups in total. The highest BCUT2D eigenvalue weighted by atomic mass is 16.7. The van der Waals surface area contributed by atoms with Crippen LogP contribution in [0.15, 0.2) is 0 Å². The van der Waals surface area contributed by atoms with Gasteiger partial charge in [-0.1, -0.05) is 31.1 Å². The highest BCUT2D eigenvalue weighted by Crippen LogP contribution is 2.06. The second kappa shape index (κ2) is 17.0. The van der Waals surface area contributed by atoms with E-state index in [-0.39, 0.29) is 19.3 Å². The fourth-order valence-corrected chi connectivity index (χ4v) is 1.60. The number of hydrogen-bond acceptors (Lipinski definition) is 3. The number of unbranched alkanes of at least 4 members (excludes halogenated alkanes) is 5. The van der Waals surface area contributed by atoms with Crippen LogP contribution in [0.1, 0.15) is 51.9 Å². The molecule has 1 atom stereocenters. The molecule has 0 spiro atoms. The zero-order valence-corrected chi connectivity index (χ0v) is 14.4. The van der Waals surface area contributed by atoms with E-state index in [0.717, 1.165) is 38.5 Å². The summed E-state index contributed by atoms with van der Waals surface area (Å²) in [7, 11) is 1.55. The fraction of sp³-hybridized carbons (Fsp3) is 0.550. The number of aliphatic carboxylic acids is 1. The van der Waals surface area contributed by atoms with E-state index in [9.17, 15) is 4.79 Å². The third-order valence-electron chi connectivity index (χ3n) is 2.80. The third kappa shape index (κ3) is 17.7. The predicted octanol–water partition coefficient (Wildman–Crippen LogP) is 2.82. The van der Waals surface area contributed by atoms with Gasteiger partial charge in [0.15, 0.2) is 0 Å². The van der Waals surface area contributed by atoms with Crippen molar-refractivity contribution in [3.63, 3.8) is 0 Å². The van der Waals surface area contributed by atoms with Gasteiger partial charge in [-0.25, -0.2) is 0 Å². The normalized spacial score (nSPS) is 9.75. The summed E-state index contributed by atoms with van der Waals surface area (Å²) in [6, 6.07) is 0. The Morgan fingerprint density at radius 3 is 2.29 bits per heavy atom. The minimum Gasteiger partial charge on any atom is -0.481 e. The van der Waals surface area contributed by atoms with Gasteiger partial charge in [-0.2, -0.15) is 0 Å². The van der Waals surface area contributed by atoms with Crippen molar-refractivity contribution in [3.8, 4) is 47.4 Å². The number of hydrogen-bond donors (Lipinski definition) is 1. The van der Waals surface area contributed by atoms with E-state index >= 15 is 0 Å². The van der Waals surface area contributed by atoms with Crippen molar-refractivity contribution in [2.75, 3.05) is 13.9 Å². The molecule has 0 unspecified atom stereocenters. The van der Waals surface area contributed by atoms with Crippen LogP contribution in [-0.4, -0.2) is 31.1 Å². The molecule has 0 radical (unpaired) electrons. The molecule has 128 valence electrons. The Morgan fingerprint density at radius 1 is 0.958 bits per heavy atom. The maximum absolute atomic E-state index is 10.3. The Kier molecular flexibility index (Phi) is 15.3. The summed E-state index contributed by atoms with van der Waals surface area (Å²) >= 11 is 0. The van der Waals surface area contributed by atoms with E-state index in [1.54, 1.807) is 7.11 Å². The van der Waals surface area contributed by atoms with Gasteiger partial charge in [-0.05, 0) is 55.3 Å². The van der Waals surface area contributed by atoms with Crippen LogP contribution < -0.4 is 0 Å². The Bertz CT molecular complexity index is 590. The molecule has 0 aliphatic carbocycles. The molecule has 0 saturated carbocycles. The third-order valence-corrected chi connectivity index (χ3v) is 2.80. The van der Waals surface area contributed by atoms with Crippen molar-refractivity contribution in [3.05, 3.63) is 0 Å². The summed E-state index contributed by atoms with van der Waals surface area (Å²) in [6.07, 6.45) is 5.69. The first-order valence-electron chi connectivity index (χ1n) is 7.97. The zero-order valence-electron chi connectivity index (χ0n) is 14.4. The SMILES string of the molecule is COCO[C@@H](C)C#CC#CC#CC#CCCCCCCCC(=O)O. The molecule has 4 heteroatoms. The lowest BCUT2D eigenvalue weighted by atomic mass is 10.1. The summed E-state index contributed by atoms with van der Waals surface area (Å²) in [4.78, 5) is 10.3. The second-order valence-corrected chi connectivity index (χ2v) is 4.95. The van der Waals surface area contributed by atoms with Crippen LogP contribution in [0.3, 0.4) is 0 Å². The number of rotatable bonds is 10. The van der Waals surface area contributed by atoms with Gasteiger partial charge in [-0.3, -0.25) is 4.79 Å². The van der Waals surface area contributed by atoms with Gasteiger partial charge >= 0.3 is 5.97 Å². The van der Waals surface area contributed by atoms with Crippen LogP contribution in [0.4, 0.5) is 0 Å². The summed E-state index contributed by atoms with van der Waals surface area (Å²) in [6.45, 7) is 2.03. The molecule has 4 nitrogen and oxygen atoms in total.